The maximum Gasteiger partial charge on any atom is 0.262 e. The fourth-order valence-electron chi connectivity index (χ4n) is 2.23. The van der Waals surface area contributed by atoms with E-state index in [-0.39, 0.29) is 12.5 Å². The van der Waals surface area contributed by atoms with Crippen LogP contribution in [0.25, 0.3) is 0 Å². The highest BCUT2D eigenvalue weighted by Gasteiger charge is 2.10. The summed E-state index contributed by atoms with van der Waals surface area (Å²) in [6.45, 7) is 4.78. The molecule has 0 spiro atoms. The van der Waals surface area contributed by atoms with Crippen LogP contribution in [0.3, 0.4) is 0 Å². The molecule has 1 N–H and O–H groups in total. The number of aryl methyl sites for hydroxylation is 1. The summed E-state index contributed by atoms with van der Waals surface area (Å²) < 4.78 is 12.2. The number of para-hydroxylation sites is 2. The van der Waals surface area contributed by atoms with E-state index in [1.54, 1.807) is 0 Å². The van der Waals surface area contributed by atoms with Crippen molar-refractivity contribution in [3.05, 3.63) is 52.5 Å². The maximum atomic E-state index is 12.2. The third kappa shape index (κ3) is 6.09. The fraction of sp³-hybridized carbons (Fsp3) is 0.350. The van der Waals surface area contributed by atoms with Crippen LogP contribution in [0, 0.1) is 0 Å². The molecule has 134 valence electrons. The third-order valence-electron chi connectivity index (χ3n) is 3.68. The molecule has 0 unspecified atom stereocenters. The van der Waals surface area contributed by atoms with Crippen LogP contribution < -0.4 is 14.8 Å². The molecule has 2 aromatic carbocycles. The lowest BCUT2D eigenvalue weighted by Crippen LogP contribution is -2.20. The van der Waals surface area contributed by atoms with Gasteiger partial charge in [-0.3, -0.25) is 4.79 Å². The van der Waals surface area contributed by atoms with Gasteiger partial charge in [-0.15, -0.1) is 0 Å². The lowest BCUT2D eigenvalue weighted by Gasteiger charge is -2.13. The van der Waals surface area contributed by atoms with Crippen molar-refractivity contribution in [2.24, 2.45) is 0 Å². The summed E-state index contributed by atoms with van der Waals surface area (Å²) in [5, 5.41) is 2.85. The number of halogens is 1. The molecule has 0 aliphatic rings. The van der Waals surface area contributed by atoms with E-state index in [1.807, 2.05) is 42.5 Å². The van der Waals surface area contributed by atoms with Crippen LogP contribution in [0.1, 0.15) is 32.3 Å². The van der Waals surface area contributed by atoms with Crippen molar-refractivity contribution < 1.29 is 14.3 Å². The molecule has 0 aliphatic heterocycles. The zero-order valence-electron chi connectivity index (χ0n) is 14.7. The number of anilines is 1. The van der Waals surface area contributed by atoms with Crippen molar-refractivity contribution in [1.82, 2.24) is 0 Å². The molecule has 0 radical (unpaired) electrons. The van der Waals surface area contributed by atoms with Crippen LogP contribution in [0.5, 0.6) is 11.5 Å². The third-order valence-corrected chi connectivity index (χ3v) is 4.30. The molecule has 2 aromatic rings. The second-order valence-corrected chi connectivity index (χ2v) is 6.51. The second kappa shape index (κ2) is 10.1. The summed E-state index contributed by atoms with van der Waals surface area (Å²) in [7, 11) is 0. The molecule has 0 bridgehead atoms. The van der Waals surface area contributed by atoms with Crippen molar-refractivity contribution in [2.75, 3.05) is 18.5 Å². The number of hydrogen-bond donors (Lipinski definition) is 1. The summed E-state index contributed by atoms with van der Waals surface area (Å²) in [6.07, 6.45) is 3.00. The Hall–Kier alpha value is -2.01. The van der Waals surface area contributed by atoms with Crippen LogP contribution in [-0.4, -0.2) is 19.1 Å². The highest BCUT2D eigenvalue weighted by atomic mass is 79.9. The van der Waals surface area contributed by atoms with Gasteiger partial charge in [-0.2, -0.15) is 0 Å². The van der Waals surface area contributed by atoms with Gasteiger partial charge in [0.05, 0.1) is 16.8 Å². The van der Waals surface area contributed by atoms with E-state index < -0.39 is 0 Å². The highest BCUT2D eigenvalue weighted by molar-refractivity contribution is 9.10. The van der Waals surface area contributed by atoms with E-state index >= 15 is 0 Å². The molecule has 25 heavy (non-hydrogen) atoms. The standard InChI is InChI=1S/C20H24BrNO3/c1-3-5-12-24-19-9-7-6-8-17(19)22-20(23)14-25-18-11-10-15(4-2)13-16(18)21/h6-11,13H,3-5,12,14H2,1-2H3,(H,22,23). The van der Waals surface area contributed by atoms with E-state index in [2.05, 4.69) is 35.1 Å². The normalized spacial score (nSPS) is 10.4. The smallest absolute Gasteiger partial charge is 0.262 e. The van der Waals surface area contributed by atoms with Gasteiger partial charge in [0.15, 0.2) is 6.61 Å². The lowest BCUT2D eigenvalue weighted by atomic mass is 10.2. The van der Waals surface area contributed by atoms with Crippen LogP contribution in [0.2, 0.25) is 0 Å². The number of amides is 1. The molecule has 0 heterocycles. The van der Waals surface area contributed by atoms with Gasteiger partial charge in [-0.05, 0) is 58.6 Å². The second-order valence-electron chi connectivity index (χ2n) is 5.65. The number of hydrogen-bond acceptors (Lipinski definition) is 3. The predicted molar refractivity (Wildman–Crippen MR) is 104 cm³/mol. The van der Waals surface area contributed by atoms with Gasteiger partial charge < -0.3 is 14.8 Å². The Kier molecular flexibility index (Phi) is 7.79. The van der Waals surface area contributed by atoms with Crippen molar-refractivity contribution >= 4 is 27.5 Å². The molecule has 5 heteroatoms. The van der Waals surface area contributed by atoms with E-state index in [0.29, 0.717) is 23.8 Å². The molecule has 0 saturated heterocycles. The molecular weight excluding hydrogens is 382 g/mol. The SMILES string of the molecule is CCCCOc1ccccc1NC(=O)COc1ccc(CC)cc1Br. The summed E-state index contributed by atoms with van der Waals surface area (Å²) in [4.78, 5) is 12.2. The Morgan fingerprint density at radius 3 is 2.60 bits per heavy atom. The fourth-order valence-corrected chi connectivity index (χ4v) is 2.77. The number of carbonyl (C=O) groups excluding carboxylic acids is 1. The Morgan fingerprint density at radius 2 is 1.88 bits per heavy atom. The minimum absolute atomic E-state index is 0.0621. The first-order chi connectivity index (χ1) is 12.1. The average Bonchev–Trinajstić information content (AvgIpc) is 2.62. The summed E-state index contributed by atoms with van der Waals surface area (Å²) >= 11 is 3.48. The Bertz CT molecular complexity index is 703. The Morgan fingerprint density at radius 1 is 1.08 bits per heavy atom. The molecule has 0 fully saturated rings. The molecule has 0 aliphatic carbocycles. The topological polar surface area (TPSA) is 47.6 Å². The number of unbranched alkanes of at least 4 members (excludes halogenated alkanes) is 1. The highest BCUT2D eigenvalue weighted by Crippen LogP contribution is 2.27. The zero-order chi connectivity index (χ0) is 18.1. The Labute approximate surface area is 157 Å². The molecular formula is C20H24BrNO3. The van der Waals surface area contributed by atoms with Crippen LogP contribution in [0.4, 0.5) is 5.69 Å². The van der Waals surface area contributed by atoms with Gasteiger partial charge in [0.25, 0.3) is 5.91 Å². The van der Waals surface area contributed by atoms with Gasteiger partial charge >= 0.3 is 0 Å². The molecule has 2 rings (SSSR count). The van der Waals surface area contributed by atoms with Crippen molar-refractivity contribution in [2.45, 2.75) is 33.1 Å². The number of nitrogens with one attached hydrogen (secondary N) is 1. The largest absolute Gasteiger partial charge is 0.491 e. The van der Waals surface area contributed by atoms with Crippen LogP contribution in [-0.2, 0) is 11.2 Å². The van der Waals surface area contributed by atoms with E-state index in [9.17, 15) is 4.79 Å². The van der Waals surface area contributed by atoms with Crippen molar-refractivity contribution in [3.63, 3.8) is 0 Å². The summed E-state index contributed by atoms with van der Waals surface area (Å²) in [6, 6.07) is 13.3. The van der Waals surface area contributed by atoms with Gasteiger partial charge in [0.2, 0.25) is 0 Å². The first kappa shape index (κ1) is 19.3. The minimum atomic E-state index is -0.224. The molecule has 4 nitrogen and oxygen atoms in total. The molecule has 0 saturated carbocycles. The lowest BCUT2D eigenvalue weighted by molar-refractivity contribution is -0.118. The molecule has 0 atom stereocenters. The van der Waals surface area contributed by atoms with E-state index in [4.69, 9.17) is 9.47 Å². The van der Waals surface area contributed by atoms with Crippen molar-refractivity contribution in [3.8, 4) is 11.5 Å². The van der Waals surface area contributed by atoms with Crippen molar-refractivity contribution in [1.29, 1.82) is 0 Å². The quantitative estimate of drug-likeness (QED) is 0.582. The first-order valence-electron chi connectivity index (χ1n) is 8.57. The maximum absolute atomic E-state index is 12.2. The van der Waals surface area contributed by atoms with E-state index in [0.717, 1.165) is 23.7 Å². The Balaban J connectivity index is 1.92. The monoisotopic (exact) mass is 405 g/mol. The summed E-state index contributed by atoms with van der Waals surface area (Å²) in [5.74, 6) is 1.11. The minimum Gasteiger partial charge on any atom is -0.491 e. The van der Waals surface area contributed by atoms with Gasteiger partial charge in [0, 0.05) is 0 Å². The van der Waals surface area contributed by atoms with E-state index in [1.165, 1.54) is 5.56 Å². The number of benzene rings is 2. The molecule has 0 aromatic heterocycles. The average molecular weight is 406 g/mol. The van der Waals surface area contributed by atoms with Crippen LogP contribution >= 0.6 is 15.9 Å². The zero-order valence-corrected chi connectivity index (χ0v) is 16.3. The van der Waals surface area contributed by atoms with Crippen LogP contribution in [0.15, 0.2) is 46.9 Å². The number of rotatable bonds is 9. The van der Waals surface area contributed by atoms with Gasteiger partial charge in [-0.25, -0.2) is 0 Å². The predicted octanol–water partition coefficient (Wildman–Crippen LogP) is 5.21. The van der Waals surface area contributed by atoms with Gasteiger partial charge in [0.1, 0.15) is 11.5 Å². The van der Waals surface area contributed by atoms with Gasteiger partial charge in [-0.1, -0.05) is 38.5 Å². The summed E-state index contributed by atoms with van der Waals surface area (Å²) in [5.41, 5.74) is 1.87. The molecule has 1 amide bonds. The first-order valence-corrected chi connectivity index (χ1v) is 9.36. The number of ether oxygens (including phenoxy) is 2. The number of carbonyl (C=O) groups is 1.